The number of piperidine rings is 1. The number of β-amino-alcohol motifs (C(OH)–C–C–N with tert-alkyl or cyclic N) is 1. The average molecular weight is 231 g/mol. The Kier molecular flexibility index (Phi) is 4.70. The maximum absolute atomic E-state index is 10.8. The summed E-state index contributed by atoms with van der Waals surface area (Å²) in [6, 6.07) is 0. The topological polar surface area (TPSA) is 81.0 Å². The number of aliphatic carboxylic acids is 1. The number of hydrogen-bond donors (Lipinski definition) is 3. The lowest BCUT2D eigenvalue weighted by molar-refractivity contribution is -0.158. The van der Waals surface area contributed by atoms with Gasteiger partial charge in [-0.05, 0) is 38.6 Å². The van der Waals surface area contributed by atoms with E-state index < -0.39 is 11.6 Å². The zero-order chi connectivity index (χ0) is 12.2. The minimum absolute atomic E-state index is 0.157. The monoisotopic (exact) mass is 231 g/mol. The Morgan fingerprint density at radius 1 is 1.56 bits per heavy atom. The molecule has 1 aliphatic rings. The maximum atomic E-state index is 10.8. The first kappa shape index (κ1) is 13.4. The molecule has 0 amide bonds. The van der Waals surface area contributed by atoms with Gasteiger partial charge in [-0.15, -0.1) is 0 Å². The van der Waals surface area contributed by atoms with Gasteiger partial charge in [-0.3, -0.25) is 4.90 Å². The van der Waals surface area contributed by atoms with E-state index in [1.54, 1.807) is 0 Å². The standard InChI is InChI=1S/C11H21NO4/c1-11(16,10(14)15)8-12-5-2-3-9(7-12)4-6-13/h9,13,16H,2-8H2,1H3,(H,14,15). The van der Waals surface area contributed by atoms with Crippen LogP contribution in [0.4, 0.5) is 0 Å². The van der Waals surface area contributed by atoms with E-state index in [1.165, 1.54) is 6.92 Å². The minimum atomic E-state index is -1.68. The predicted molar refractivity (Wildman–Crippen MR) is 59.1 cm³/mol. The molecule has 0 saturated carbocycles. The van der Waals surface area contributed by atoms with Gasteiger partial charge in [0.1, 0.15) is 0 Å². The van der Waals surface area contributed by atoms with Crippen molar-refractivity contribution < 1.29 is 20.1 Å². The van der Waals surface area contributed by atoms with Crippen LogP contribution in [0.3, 0.4) is 0 Å². The third-order valence-electron chi connectivity index (χ3n) is 3.13. The minimum Gasteiger partial charge on any atom is -0.479 e. The molecule has 0 aromatic heterocycles. The summed E-state index contributed by atoms with van der Waals surface area (Å²) in [6.45, 7) is 3.25. The van der Waals surface area contributed by atoms with Gasteiger partial charge in [-0.1, -0.05) is 0 Å². The number of carbonyl (C=O) groups is 1. The highest BCUT2D eigenvalue weighted by atomic mass is 16.4. The Morgan fingerprint density at radius 2 is 2.25 bits per heavy atom. The van der Waals surface area contributed by atoms with Gasteiger partial charge in [0, 0.05) is 19.7 Å². The molecule has 94 valence electrons. The number of likely N-dealkylation sites (tertiary alicyclic amines) is 1. The molecule has 2 atom stereocenters. The van der Waals surface area contributed by atoms with Gasteiger partial charge >= 0.3 is 5.97 Å². The molecule has 0 aromatic rings. The zero-order valence-electron chi connectivity index (χ0n) is 9.72. The third kappa shape index (κ3) is 3.73. The van der Waals surface area contributed by atoms with Gasteiger partial charge in [0.25, 0.3) is 0 Å². The van der Waals surface area contributed by atoms with Crippen LogP contribution in [0.25, 0.3) is 0 Å². The van der Waals surface area contributed by atoms with Crippen molar-refractivity contribution in [2.45, 2.75) is 31.8 Å². The molecular formula is C11H21NO4. The van der Waals surface area contributed by atoms with E-state index in [1.807, 2.05) is 4.90 Å². The van der Waals surface area contributed by atoms with Crippen LogP contribution >= 0.6 is 0 Å². The molecular weight excluding hydrogens is 210 g/mol. The van der Waals surface area contributed by atoms with Crippen LogP contribution in [0.5, 0.6) is 0 Å². The molecule has 1 saturated heterocycles. The molecule has 5 heteroatoms. The molecule has 16 heavy (non-hydrogen) atoms. The Bertz CT molecular complexity index is 240. The normalized spacial score (nSPS) is 26.3. The lowest BCUT2D eigenvalue weighted by atomic mass is 9.94. The molecule has 3 N–H and O–H groups in total. The molecule has 0 bridgehead atoms. The van der Waals surface area contributed by atoms with Crippen molar-refractivity contribution in [2.75, 3.05) is 26.2 Å². The van der Waals surface area contributed by atoms with Crippen molar-refractivity contribution in [2.24, 2.45) is 5.92 Å². The number of nitrogens with zero attached hydrogens (tertiary/aromatic N) is 1. The molecule has 1 rings (SSSR count). The molecule has 0 aliphatic carbocycles. The van der Waals surface area contributed by atoms with E-state index in [0.717, 1.165) is 32.4 Å². The van der Waals surface area contributed by atoms with E-state index in [9.17, 15) is 9.90 Å². The van der Waals surface area contributed by atoms with Crippen LogP contribution < -0.4 is 0 Å². The third-order valence-corrected chi connectivity index (χ3v) is 3.13. The van der Waals surface area contributed by atoms with Crippen molar-refractivity contribution in [3.8, 4) is 0 Å². The summed E-state index contributed by atoms with van der Waals surface area (Å²) >= 11 is 0. The SMILES string of the molecule is CC(O)(CN1CCCC(CCO)C1)C(=O)O. The first-order valence-electron chi connectivity index (χ1n) is 5.74. The zero-order valence-corrected chi connectivity index (χ0v) is 9.72. The van der Waals surface area contributed by atoms with Crippen LogP contribution in [-0.4, -0.2) is 58.0 Å². The largest absolute Gasteiger partial charge is 0.479 e. The second kappa shape index (κ2) is 5.61. The first-order valence-corrected chi connectivity index (χ1v) is 5.74. The quantitative estimate of drug-likeness (QED) is 0.616. The van der Waals surface area contributed by atoms with Crippen LogP contribution in [-0.2, 0) is 4.79 Å². The van der Waals surface area contributed by atoms with Crippen LogP contribution in [0.15, 0.2) is 0 Å². The second-order valence-corrected chi connectivity index (χ2v) is 4.83. The number of aliphatic hydroxyl groups excluding tert-OH is 1. The number of carboxylic acids is 1. The van der Waals surface area contributed by atoms with Gasteiger partial charge < -0.3 is 15.3 Å². The second-order valence-electron chi connectivity index (χ2n) is 4.83. The number of carboxylic acid groups (broad SMARTS) is 1. The highest BCUT2D eigenvalue weighted by molar-refractivity contribution is 5.76. The van der Waals surface area contributed by atoms with E-state index in [2.05, 4.69) is 0 Å². The predicted octanol–water partition coefficient (Wildman–Crippen LogP) is -0.0836. The van der Waals surface area contributed by atoms with Crippen LogP contribution in [0.2, 0.25) is 0 Å². The van der Waals surface area contributed by atoms with Crippen molar-refractivity contribution in [1.29, 1.82) is 0 Å². The summed E-state index contributed by atoms with van der Waals surface area (Å²) < 4.78 is 0. The van der Waals surface area contributed by atoms with Gasteiger partial charge in [-0.2, -0.15) is 0 Å². The van der Waals surface area contributed by atoms with Gasteiger partial charge in [0.2, 0.25) is 0 Å². The molecule has 1 aliphatic heterocycles. The molecule has 1 heterocycles. The van der Waals surface area contributed by atoms with Crippen molar-refractivity contribution in [3.63, 3.8) is 0 Å². The summed E-state index contributed by atoms with van der Waals surface area (Å²) in [6.07, 6.45) is 2.83. The number of aliphatic hydroxyl groups is 2. The van der Waals surface area contributed by atoms with E-state index in [0.29, 0.717) is 5.92 Å². The first-order chi connectivity index (χ1) is 7.45. The summed E-state index contributed by atoms with van der Waals surface area (Å²) in [7, 11) is 0. The van der Waals surface area contributed by atoms with Crippen LogP contribution in [0, 0.1) is 5.92 Å². The fourth-order valence-corrected chi connectivity index (χ4v) is 2.22. The highest BCUT2D eigenvalue weighted by Gasteiger charge is 2.33. The molecule has 5 nitrogen and oxygen atoms in total. The lowest BCUT2D eigenvalue weighted by Crippen LogP contribution is -2.49. The van der Waals surface area contributed by atoms with Crippen LogP contribution in [0.1, 0.15) is 26.2 Å². The smallest absolute Gasteiger partial charge is 0.336 e. The Balaban J connectivity index is 2.45. The Morgan fingerprint density at radius 3 is 2.81 bits per heavy atom. The highest BCUT2D eigenvalue weighted by Crippen LogP contribution is 2.20. The number of rotatable bonds is 5. The van der Waals surface area contributed by atoms with E-state index >= 15 is 0 Å². The summed E-state index contributed by atoms with van der Waals surface area (Å²) in [5.41, 5.74) is -1.68. The van der Waals surface area contributed by atoms with E-state index in [-0.39, 0.29) is 13.2 Å². The molecule has 2 unspecified atom stereocenters. The molecule has 1 fully saturated rings. The summed E-state index contributed by atoms with van der Waals surface area (Å²) in [4.78, 5) is 12.8. The number of hydrogen-bond acceptors (Lipinski definition) is 4. The van der Waals surface area contributed by atoms with Crippen molar-refractivity contribution in [1.82, 2.24) is 4.90 Å². The van der Waals surface area contributed by atoms with Gasteiger partial charge in [-0.25, -0.2) is 4.79 Å². The molecule has 0 aromatic carbocycles. The van der Waals surface area contributed by atoms with E-state index in [4.69, 9.17) is 10.2 Å². The average Bonchev–Trinajstić information content (AvgIpc) is 2.17. The lowest BCUT2D eigenvalue weighted by Gasteiger charge is -2.35. The maximum Gasteiger partial charge on any atom is 0.336 e. The summed E-state index contributed by atoms with van der Waals surface area (Å²) in [5, 5.41) is 27.4. The van der Waals surface area contributed by atoms with Gasteiger partial charge in [0.15, 0.2) is 5.60 Å². The summed E-state index contributed by atoms with van der Waals surface area (Å²) in [5.74, 6) is -0.764. The molecule has 0 radical (unpaired) electrons. The van der Waals surface area contributed by atoms with Crippen molar-refractivity contribution in [3.05, 3.63) is 0 Å². The molecule has 0 spiro atoms. The van der Waals surface area contributed by atoms with Crippen molar-refractivity contribution >= 4 is 5.97 Å². The fraction of sp³-hybridized carbons (Fsp3) is 0.909. The Hall–Kier alpha value is -0.650. The van der Waals surface area contributed by atoms with Gasteiger partial charge in [0.05, 0.1) is 0 Å². The fourth-order valence-electron chi connectivity index (χ4n) is 2.22. The Labute approximate surface area is 95.7 Å².